The molecule has 19 heavy (non-hydrogen) atoms. The highest BCUT2D eigenvalue weighted by molar-refractivity contribution is 6.04. The maximum atomic E-state index is 11.7. The molecule has 0 amide bonds. The van der Waals surface area contributed by atoms with Crippen molar-refractivity contribution < 1.29 is 0 Å². The lowest BCUT2D eigenvalue weighted by molar-refractivity contribution is 0.403. The van der Waals surface area contributed by atoms with E-state index in [4.69, 9.17) is 0 Å². The molecular weight excluding hydrogens is 244 g/mol. The van der Waals surface area contributed by atoms with E-state index < -0.39 is 11.2 Å². The zero-order valence-electron chi connectivity index (χ0n) is 10.7. The van der Waals surface area contributed by atoms with E-state index in [-0.39, 0.29) is 0 Å². The second kappa shape index (κ2) is 4.10. The van der Waals surface area contributed by atoms with Gasteiger partial charge in [-0.1, -0.05) is 6.07 Å². The molecule has 3 N–H and O–H groups in total. The first-order valence-electron chi connectivity index (χ1n) is 5.96. The van der Waals surface area contributed by atoms with Crippen LogP contribution in [0.15, 0.2) is 27.8 Å². The Balaban J connectivity index is 2.35. The van der Waals surface area contributed by atoms with Gasteiger partial charge in [-0.05, 0) is 31.8 Å². The lowest BCUT2D eigenvalue weighted by Crippen LogP contribution is -2.21. The molecule has 6 heteroatoms. The molecule has 0 spiro atoms. The Bertz CT molecular complexity index is 870. The van der Waals surface area contributed by atoms with Gasteiger partial charge in [-0.25, -0.2) is 4.79 Å². The van der Waals surface area contributed by atoms with Crippen LogP contribution in [0.3, 0.4) is 0 Å². The molecule has 0 saturated carbocycles. The summed E-state index contributed by atoms with van der Waals surface area (Å²) in [6.45, 7) is 0.802. The minimum atomic E-state index is -0.489. The van der Waals surface area contributed by atoms with Crippen LogP contribution in [0.2, 0.25) is 0 Å². The zero-order chi connectivity index (χ0) is 13.6. The number of aromatic amines is 3. The number of aromatic nitrogens is 3. The van der Waals surface area contributed by atoms with Gasteiger partial charge < -0.3 is 14.9 Å². The summed E-state index contributed by atoms with van der Waals surface area (Å²) in [6.07, 6.45) is 0. The molecule has 98 valence electrons. The summed E-state index contributed by atoms with van der Waals surface area (Å²) in [6, 6.07) is 5.92. The Morgan fingerprint density at radius 1 is 1.05 bits per heavy atom. The molecule has 0 bridgehead atoms. The molecule has 0 unspecified atom stereocenters. The fourth-order valence-electron chi connectivity index (χ4n) is 2.31. The smallest absolute Gasteiger partial charge is 0.326 e. The highest BCUT2D eigenvalue weighted by Gasteiger charge is 2.09. The average molecular weight is 258 g/mol. The molecule has 3 aromatic rings. The van der Waals surface area contributed by atoms with E-state index in [1.165, 1.54) is 0 Å². The molecule has 6 nitrogen and oxygen atoms in total. The second-order valence-corrected chi connectivity index (χ2v) is 4.90. The molecule has 2 heterocycles. The van der Waals surface area contributed by atoms with E-state index in [2.05, 4.69) is 19.9 Å². The first kappa shape index (κ1) is 11.7. The number of nitrogens with one attached hydrogen (secondary N) is 3. The van der Waals surface area contributed by atoms with Gasteiger partial charge in [0.25, 0.3) is 5.56 Å². The predicted molar refractivity (Wildman–Crippen MR) is 74.4 cm³/mol. The van der Waals surface area contributed by atoms with Crippen molar-refractivity contribution >= 4 is 21.9 Å². The highest BCUT2D eigenvalue weighted by atomic mass is 16.2. The van der Waals surface area contributed by atoms with Crippen LogP contribution in [0.4, 0.5) is 0 Å². The quantitative estimate of drug-likeness (QED) is 0.634. The Kier molecular flexibility index (Phi) is 2.53. The van der Waals surface area contributed by atoms with E-state index in [0.717, 1.165) is 23.0 Å². The normalized spacial score (nSPS) is 11.7. The van der Waals surface area contributed by atoms with Gasteiger partial charge in [-0.2, -0.15) is 0 Å². The Hall–Kier alpha value is -2.34. The Morgan fingerprint density at radius 2 is 1.84 bits per heavy atom. The fourth-order valence-corrected chi connectivity index (χ4v) is 2.31. The van der Waals surface area contributed by atoms with Crippen molar-refractivity contribution in [3.8, 4) is 0 Å². The first-order chi connectivity index (χ1) is 9.04. The minimum Gasteiger partial charge on any atom is -0.349 e. The number of rotatable bonds is 2. The molecule has 0 aliphatic carbocycles. The highest BCUT2D eigenvalue weighted by Crippen LogP contribution is 2.22. The van der Waals surface area contributed by atoms with Crippen LogP contribution < -0.4 is 11.2 Å². The van der Waals surface area contributed by atoms with Crippen molar-refractivity contribution in [2.45, 2.75) is 6.54 Å². The van der Waals surface area contributed by atoms with E-state index in [0.29, 0.717) is 11.0 Å². The number of hydrogen-bond acceptors (Lipinski definition) is 3. The summed E-state index contributed by atoms with van der Waals surface area (Å²) < 4.78 is 0. The predicted octanol–water partition coefficient (Wildman–Crippen LogP) is 0.759. The van der Waals surface area contributed by atoms with Gasteiger partial charge in [-0.15, -0.1) is 0 Å². The number of benzene rings is 1. The topological polar surface area (TPSA) is 84.8 Å². The maximum absolute atomic E-state index is 11.7. The SMILES string of the molecule is CN(C)Cc1ccc2[nH]c3c(=O)[nH]c(=O)[nH]c3c2c1. The van der Waals surface area contributed by atoms with Gasteiger partial charge in [0.2, 0.25) is 0 Å². The summed E-state index contributed by atoms with van der Waals surface area (Å²) in [5.74, 6) is 0. The minimum absolute atomic E-state index is 0.399. The molecule has 0 radical (unpaired) electrons. The number of nitrogens with zero attached hydrogens (tertiary/aromatic N) is 1. The molecule has 0 saturated heterocycles. The molecular formula is C13H14N4O2. The third kappa shape index (κ3) is 1.96. The average Bonchev–Trinajstić information content (AvgIpc) is 2.67. The van der Waals surface area contributed by atoms with Crippen molar-refractivity contribution in [1.82, 2.24) is 19.9 Å². The molecule has 0 fully saturated rings. The monoisotopic (exact) mass is 258 g/mol. The van der Waals surface area contributed by atoms with Crippen LogP contribution >= 0.6 is 0 Å². The van der Waals surface area contributed by atoms with Crippen LogP contribution in [-0.2, 0) is 6.54 Å². The lowest BCUT2D eigenvalue weighted by Gasteiger charge is -2.09. The number of H-pyrrole nitrogens is 3. The fraction of sp³-hybridized carbons (Fsp3) is 0.231. The van der Waals surface area contributed by atoms with Gasteiger partial charge in [0.1, 0.15) is 5.52 Å². The van der Waals surface area contributed by atoms with Crippen molar-refractivity contribution in [1.29, 1.82) is 0 Å². The maximum Gasteiger partial charge on any atom is 0.326 e. The van der Waals surface area contributed by atoms with Gasteiger partial charge in [0.15, 0.2) is 0 Å². The van der Waals surface area contributed by atoms with Crippen LogP contribution in [0, 0.1) is 0 Å². The number of hydrogen-bond donors (Lipinski definition) is 3. The van der Waals surface area contributed by atoms with E-state index in [1.807, 2.05) is 32.3 Å². The van der Waals surface area contributed by atoms with Gasteiger partial charge in [0, 0.05) is 17.4 Å². The lowest BCUT2D eigenvalue weighted by atomic mass is 10.1. The summed E-state index contributed by atoms with van der Waals surface area (Å²) >= 11 is 0. The molecule has 0 aliphatic rings. The standard InChI is InChI=1S/C13H14N4O2/c1-17(2)6-7-3-4-9-8(5-7)10-11(14-9)12(18)16-13(19)15-10/h3-5,14H,6H2,1-2H3,(H2,15,16,18,19). The molecule has 1 aromatic carbocycles. The second-order valence-electron chi connectivity index (χ2n) is 4.90. The Labute approximate surface area is 108 Å². The third-order valence-corrected chi connectivity index (χ3v) is 3.05. The van der Waals surface area contributed by atoms with Crippen LogP contribution in [0.5, 0.6) is 0 Å². The van der Waals surface area contributed by atoms with Crippen molar-refractivity contribution in [3.05, 3.63) is 44.6 Å². The Morgan fingerprint density at radius 3 is 2.58 bits per heavy atom. The summed E-state index contributed by atoms with van der Waals surface area (Å²) in [4.78, 5) is 33.1. The molecule has 3 rings (SSSR count). The van der Waals surface area contributed by atoms with Crippen LogP contribution in [-0.4, -0.2) is 33.9 Å². The van der Waals surface area contributed by atoms with Gasteiger partial charge >= 0.3 is 5.69 Å². The molecule has 2 aromatic heterocycles. The molecule has 0 aliphatic heterocycles. The van der Waals surface area contributed by atoms with Crippen molar-refractivity contribution in [3.63, 3.8) is 0 Å². The first-order valence-corrected chi connectivity index (χ1v) is 5.96. The molecule has 0 atom stereocenters. The van der Waals surface area contributed by atoms with Gasteiger partial charge in [0.05, 0.1) is 5.52 Å². The van der Waals surface area contributed by atoms with Crippen LogP contribution in [0.1, 0.15) is 5.56 Å². The summed E-state index contributed by atoms with van der Waals surface area (Å²) in [7, 11) is 3.98. The van der Waals surface area contributed by atoms with Crippen molar-refractivity contribution in [2.24, 2.45) is 0 Å². The van der Waals surface area contributed by atoms with E-state index in [1.54, 1.807) is 0 Å². The van der Waals surface area contributed by atoms with Crippen LogP contribution in [0.25, 0.3) is 21.9 Å². The van der Waals surface area contributed by atoms with Crippen molar-refractivity contribution in [2.75, 3.05) is 14.1 Å². The van der Waals surface area contributed by atoms with E-state index in [9.17, 15) is 9.59 Å². The summed E-state index contributed by atoms with van der Waals surface area (Å²) in [5, 5.41) is 0.859. The largest absolute Gasteiger partial charge is 0.349 e. The summed E-state index contributed by atoms with van der Waals surface area (Å²) in [5.41, 5.74) is 2.03. The zero-order valence-corrected chi connectivity index (χ0v) is 10.7. The van der Waals surface area contributed by atoms with Gasteiger partial charge in [-0.3, -0.25) is 9.78 Å². The number of fused-ring (bicyclic) bond motifs is 3. The van der Waals surface area contributed by atoms with E-state index >= 15 is 0 Å². The third-order valence-electron chi connectivity index (χ3n) is 3.05.